The van der Waals surface area contributed by atoms with Gasteiger partial charge in [-0.15, -0.1) is 0 Å². The molecule has 0 spiro atoms. The Hall–Kier alpha value is -0.830. The summed E-state index contributed by atoms with van der Waals surface area (Å²) < 4.78 is 0. The summed E-state index contributed by atoms with van der Waals surface area (Å²) in [5, 5.41) is 0. The molecule has 0 aliphatic rings. The molecule has 15 heavy (non-hydrogen) atoms. The fourth-order valence-corrected chi connectivity index (χ4v) is 1.36. The quantitative estimate of drug-likeness (QED) is 0.255. The Balaban J connectivity index is 3.07. The van der Waals surface area contributed by atoms with Crippen LogP contribution in [0.5, 0.6) is 0 Å². The Kier molecular flexibility index (Phi) is 10.6. The van der Waals surface area contributed by atoms with Crippen molar-refractivity contribution in [1.82, 2.24) is 0 Å². The number of hydrogen-bond acceptors (Lipinski definition) is 3. The van der Waals surface area contributed by atoms with Crippen LogP contribution in [0.1, 0.15) is 51.9 Å². The van der Waals surface area contributed by atoms with Gasteiger partial charge in [0.2, 0.25) is 0 Å². The maximum absolute atomic E-state index is 10.9. The van der Waals surface area contributed by atoms with E-state index in [0.29, 0.717) is 6.42 Å². The largest absolute Gasteiger partial charge is 0.342 e. The third-order valence-corrected chi connectivity index (χ3v) is 2.16. The minimum atomic E-state index is -0.272. The van der Waals surface area contributed by atoms with Gasteiger partial charge in [0, 0.05) is 6.42 Å². The molecular weight excluding hydrogens is 192 g/mol. The van der Waals surface area contributed by atoms with E-state index in [-0.39, 0.29) is 5.97 Å². The molecule has 88 valence electrons. The molecule has 0 fully saturated rings. The molecule has 0 aromatic rings. The van der Waals surface area contributed by atoms with Gasteiger partial charge < -0.3 is 0 Å². The second kappa shape index (κ2) is 11.2. The van der Waals surface area contributed by atoms with Crippen LogP contribution < -0.4 is 0 Å². The van der Waals surface area contributed by atoms with E-state index < -0.39 is 0 Å². The summed E-state index contributed by atoms with van der Waals surface area (Å²) in [6, 6.07) is 0. The van der Waals surface area contributed by atoms with Crippen LogP contribution in [0.3, 0.4) is 0 Å². The molecule has 0 atom stereocenters. The maximum atomic E-state index is 10.9. The fourth-order valence-electron chi connectivity index (χ4n) is 1.36. The Morgan fingerprint density at radius 3 is 2.47 bits per heavy atom. The van der Waals surface area contributed by atoms with Crippen molar-refractivity contribution in [1.29, 1.82) is 0 Å². The van der Waals surface area contributed by atoms with Gasteiger partial charge >= 0.3 is 5.97 Å². The molecule has 0 bridgehead atoms. The van der Waals surface area contributed by atoms with E-state index in [4.69, 9.17) is 0 Å². The van der Waals surface area contributed by atoms with Crippen LogP contribution in [0.25, 0.3) is 0 Å². The molecule has 0 saturated heterocycles. The standard InChI is InChI=1S/C12H22O3/c1-3-4-5-6-7-8-9-10-11-12(13)15-14-2/h3-4H,5-11H2,1-2H3. The van der Waals surface area contributed by atoms with Crippen LogP contribution in [-0.2, 0) is 14.6 Å². The highest BCUT2D eigenvalue weighted by Crippen LogP contribution is 2.08. The van der Waals surface area contributed by atoms with E-state index in [1.807, 2.05) is 6.92 Å². The Labute approximate surface area is 92.4 Å². The van der Waals surface area contributed by atoms with Crippen molar-refractivity contribution in [3.05, 3.63) is 12.2 Å². The van der Waals surface area contributed by atoms with Gasteiger partial charge in [-0.3, -0.25) is 4.89 Å². The van der Waals surface area contributed by atoms with Crippen molar-refractivity contribution >= 4 is 5.97 Å². The molecule has 0 aromatic heterocycles. The summed E-state index contributed by atoms with van der Waals surface area (Å²) in [5.41, 5.74) is 0. The van der Waals surface area contributed by atoms with Gasteiger partial charge in [0.05, 0.1) is 7.11 Å². The van der Waals surface area contributed by atoms with Crippen molar-refractivity contribution in [2.75, 3.05) is 7.11 Å². The van der Waals surface area contributed by atoms with E-state index in [1.165, 1.54) is 32.8 Å². The normalized spacial score (nSPS) is 10.8. The summed E-state index contributed by atoms with van der Waals surface area (Å²) >= 11 is 0. The second-order valence-corrected chi connectivity index (χ2v) is 3.50. The molecule has 0 rings (SSSR count). The van der Waals surface area contributed by atoms with Crippen molar-refractivity contribution in [3.8, 4) is 0 Å². The highest BCUT2D eigenvalue weighted by atomic mass is 17.2. The van der Waals surface area contributed by atoms with Crippen LogP contribution in [0.4, 0.5) is 0 Å². The molecule has 0 amide bonds. The zero-order valence-electron chi connectivity index (χ0n) is 9.83. The molecule has 0 aliphatic carbocycles. The van der Waals surface area contributed by atoms with Crippen LogP contribution in [0.2, 0.25) is 0 Å². The molecule has 0 unspecified atom stereocenters. The van der Waals surface area contributed by atoms with Crippen LogP contribution in [0.15, 0.2) is 12.2 Å². The first-order valence-corrected chi connectivity index (χ1v) is 5.66. The lowest BCUT2D eigenvalue weighted by atomic mass is 10.1. The highest BCUT2D eigenvalue weighted by molar-refractivity contribution is 5.68. The average Bonchev–Trinajstić information content (AvgIpc) is 2.22. The van der Waals surface area contributed by atoms with E-state index in [9.17, 15) is 4.79 Å². The summed E-state index contributed by atoms with van der Waals surface area (Å²) in [6.07, 6.45) is 11.6. The topological polar surface area (TPSA) is 35.5 Å². The number of carbonyl (C=O) groups is 1. The second-order valence-electron chi connectivity index (χ2n) is 3.50. The van der Waals surface area contributed by atoms with Gasteiger partial charge in [0.15, 0.2) is 0 Å². The maximum Gasteiger partial charge on any atom is 0.342 e. The lowest BCUT2D eigenvalue weighted by molar-refractivity contribution is -0.255. The first-order valence-electron chi connectivity index (χ1n) is 5.66. The average molecular weight is 214 g/mol. The van der Waals surface area contributed by atoms with Gasteiger partial charge in [0.25, 0.3) is 0 Å². The Bertz CT molecular complexity index is 176. The monoisotopic (exact) mass is 214 g/mol. The van der Waals surface area contributed by atoms with Gasteiger partial charge in [-0.1, -0.05) is 31.4 Å². The van der Waals surface area contributed by atoms with Crippen molar-refractivity contribution in [2.45, 2.75) is 51.9 Å². The number of rotatable bonds is 9. The Morgan fingerprint density at radius 1 is 1.13 bits per heavy atom. The first kappa shape index (κ1) is 14.2. The SMILES string of the molecule is CC=CCCCCCCCC(=O)OOC. The van der Waals surface area contributed by atoms with Gasteiger partial charge in [-0.25, -0.2) is 4.79 Å². The molecular formula is C12H22O3. The van der Waals surface area contributed by atoms with Gasteiger partial charge in [0.1, 0.15) is 0 Å². The fraction of sp³-hybridized carbons (Fsp3) is 0.750. The van der Waals surface area contributed by atoms with E-state index in [2.05, 4.69) is 21.9 Å². The van der Waals surface area contributed by atoms with E-state index in [0.717, 1.165) is 12.8 Å². The number of hydrogen-bond donors (Lipinski definition) is 0. The molecule has 0 saturated carbocycles. The third kappa shape index (κ3) is 11.1. The van der Waals surface area contributed by atoms with Crippen molar-refractivity contribution in [2.24, 2.45) is 0 Å². The molecule has 0 aliphatic heterocycles. The summed E-state index contributed by atoms with van der Waals surface area (Å²) in [4.78, 5) is 19.5. The lowest BCUT2D eigenvalue weighted by Crippen LogP contribution is -2.02. The molecule has 0 radical (unpaired) electrons. The third-order valence-electron chi connectivity index (χ3n) is 2.16. The molecule has 0 aromatic carbocycles. The minimum Gasteiger partial charge on any atom is -0.299 e. The lowest BCUT2D eigenvalue weighted by Gasteiger charge is -2.00. The number of unbranched alkanes of at least 4 members (excludes halogenated alkanes) is 5. The Morgan fingerprint density at radius 2 is 1.80 bits per heavy atom. The minimum absolute atomic E-state index is 0.272. The first-order chi connectivity index (χ1) is 7.31. The molecule has 0 heterocycles. The zero-order valence-corrected chi connectivity index (χ0v) is 9.83. The van der Waals surface area contributed by atoms with Gasteiger partial charge in [-0.05, 0) is 26.2 Å². The predicted molar refractivity (Wildman–Crippen MR) is 60.2 cm³/mol. The van der Waals surface area contributed by atoms with E-state index >= 15 is 0 Å². The summed E-state index contributed by atoms with van der Waals surface area (Å²) in [6.45, 7) is 2.04. The predicted octanol–water partition coefficient (Wildman–Crippen LogP) is 3.40. The van der Waals surface area contributed by atoms with E-state index in [1.54, 1.807) is 0 Å². The molecule has 0 N–H and O–H groups in total. The van der Waals surface area contributed by atoms with Crippen molar-refractivity contribution in [3.63, 3.8) is 0 Å². The number of carbonyl (C=O) groups excluding carboxylic acids is 1. The molecule has 3 heteroatoms. The smallest absolute Gasteiger partial charge is 0.299 e. The zero-order chi connectivity index (χ0) is 11.4. The van der Waals surface area contributed by atoms with Gasteiger partial charge in [-0.2, -0.15) is 4.89 Å². The van der Waals surface area contributed by atoms with Crippen molar-refractivity contribution < 1.29 is 14.6 Å². The number of allylic oxidation sites excluding steroid dienone is 2. The summed E-state index contributed by atoms with van der Waals surface area (Å²) in [7, 11) is 1.35. The van der Waals surface area contributed by atoms with Crippen LogP contribution >= 0.6 is 0 Å². The highest BCUT2D eigenvalue weighted by Gasteiger charge is 2.01. The van der Waals surface area contributed by atoms with Crippen LogP contribution in [0, 0.1) is 0 Å². The van der Waals surface area contributed by atoms with Crippen LogP contribution in [-0.4, -0.2) is 13.1 Å². The summed E-state index contributed by atoms with van der Waals surface area (Å²) in [5.74, 6) is -0.272. The molecule has 3 nitrogen and oxygen atoms in total.